The summed E-state index contributed by atoms with van der Waals surface area (Å²) in [5.74, 6) is 0.951. The summed E-state index contributed by atoms with van der Waals surface area (Å²) in [4.78, 5) is 18.6. The van der Waals surface area contributed by atoms with Crippen LogP contribution in [0.3, 0.4) is 0 Å². The SMILES string of the molecule is Cc1cc(C)c2cc(C(=O)NC3CCN(CC4CCCC4)CC3)[nH]c2c1. The molecule has 1 saturated carbocycles. The standard InChI is InChI=1S/C22H31N3O/c1-15-11-16(2)19-13-21(24-20(19)12-15)22(26)23-18-7-9-25(10-8-18)14-17-5-3-4-6-17/h11-13,17-18,24H,3-10,14H2,1-2H3,(H,23,26). The zero-order valence-electron chi connectivity index (χ0n) is 16.1. The maximum absolute atomic E-state index is 12.7. The first kappa shape index (κ1) is 17.6. The molecule has 0 unspecified atom stereocenters. The topological polar surface area (TPSA) is 48.1 Å². The Labute approximate surface area is 156 Å². The minimum absolute atomic E-state index is 0.0347. The van der Waals surface area contributed by atoms with E-state index in [2.05, 4.69) is 41.2 Å². The van der Waals surface area contributed by atoms with Crippen LogP contribution in [-0.2, 0) is 0 Å². The number of likely N-dealkylation sites (tertiary alicyclic amines) is 1. The highest BCUT2D eigenvalue weighted by Crippen LogP contribution is 2.26. The Morgan fingerprint density at radius 3 is 2.58 bits per heavy atom. The molecule has 1 saturated heterocycles. The number of carbonyl (C=O) groups excluding carboxylic acids is 1. The number of piperidine rings is 1. The zero-order chi connectivity index (χ0) is 18.1. The second-order valence-electron chi connectivity index (χ2n) is 8.42. The Morgan fingerprint density at radius 1 is 1.12 bits per heavy atom. The van der Waals surface area contributed by atoms with Crippen LogP contribution in [-0.4, -0.2) is 41.5 Å². The van der Waals surface area contributed by atoms with E-state index < -0.39 is 0 Å². The van der Waals surface area contributed by atoms with Gasteiger partial charge in [-0.1, -0.05) is 18.9 Å². The molecule has 2 N–H and O–H groups in total. The summed E-state index contributed by atoms with van der Waals surface area (Å²) in [6.07, 6.45) is 7.79. The van der Waals surface area contributed by atoms with Crippen LogP contribution in [0.4, 0.5) is 0 Å². The fourth-order valence-corrected chi connectivity index (χ4v) is 4.80. The van der Waals surface area contributed by atoms with Gasteiger partial charge >= 0.3 is 0 Å². The van der Waals surface area contributed by atoms with Gasteiger partial charge in [-0.3, -0.25) is 4.79 Å². The van der Waals surface area contributed by atoms with Crippen molar-refractivity contribution < 1.29 is 4.79 Å². The molecule has 4 heteroatoms. The molecule has 1 aromatic heterocycles. The molecular formula is C22H31N3O. The van der Waals surface area contributed by atoms with Gasteiger partial charge in [-0.25, -0.2) is 0 Å². The van der Waals surface area contributed by atoms with E-state index in [4.69, 9.17) is 0 Å². The summed E-state index contributed by atoms with van der Waals surface area (Å²) in [5.41, 5.74) is 4.18. The molecule has 0 spiro atoms. The number of rotatable bonds is 4. The van der Waals surface area contributed by atoms with Crippen molar-refractivity contribution in [2.24, 2.45) is 5.92 Å². The predicted molar refractivity (Wildman–Crippen MR) is 107 cm³/mol. The van der Waals surface area contributed by atoms with Gasteiger partial charge in [-0.05, 0) is 68.7 Å². The van der Waals surface area contributed by atoms with Crippen molar-refractivity contribution in [2.45, 2.75) is 58.4 Å². The number of aromatic nitrogens is 1. The van der Waals surface area contributed by atoms with Gasteiger partial charge in [-0.2, -0.15) is 0 Å². The molecule has 26 heavy (non-hydrogen) atoms. The highest BCUT2D eigenvalue weighted by atomic mass is 16.1. The Balaban J connectivity index is 1.33. The van der Waals surface area contributed by atoms with Crippen molar-refractivity contribution >= 4 is 16.8 Å². The molecule has 140 valence electrons. The summed E-state index contributed by atoms with van der Waals surface area (Å²) in [6.45, 7) is 7.69. The van der Waals surface area contributed by atoms with E-state index in [-0.39, 0.29) is 5.91 Å². The van der Waals surface area contributed by atoms with Crippen LogP contribution in [0.2, 0.25) is 0 Å². The van der Waals surface area contributed by atoms with Gasteiger partial charge in [0.05, 0.1) is 0 Å². The maximum Gasteiger partial charge on any atom is 0.267 e. The van der Waals surface area contributed by atoms with Crippen LogP contribution in [0, 0.1) is 19.8 Å². The predicted octanol–water partition coefficient (Wildman–Crippen LogP) is 4.17. The van der Waals surface area contributed by atoms with E-state index in [9.17, 15) is 4.79 Å². The highest BCUT2D eigenvalue weighted by Gasteiger charge is 2.24. The van der Waals surface area contributed by atoms with Gasteiger partial charge in [0.1, 0.15) is 5.69 Å². The third-order valence-corrected chi connectivity index (χ3v) is 6.25. The lowest BCUT2D eigenvalue weighted by atomic mass is 10.0. The number of H-pyrrole nitrogens is 1. The number of fused-ring (bicyclic) bond motifs is 1. The average molecular weight is 354 g/mol. The Bertz CT molecular complexity index is 780. The lowest BCUT2D eigenvalue weighted by Gasteiger charge is -2.33. The Morgan fingerprint density at radius 2 is 1.85 bits per heavy atom. The fourth-order valence-electron chi connectivity index (χ4n) is 4.80. The van der Waals surface area contributed by atoms with Crippen LogP contribution >= 0.6 is 0 Å². The smallest absolute Gasteiger partial charge is 0.267 e. The molecule has 2 fully saturated rings. The van der Waals surface area contributed by atoms with Crippen molar-refractivity contribution in [2.75, 3.05) is 19.6 Å². The molecule has 4 rings (SSSR count). The van der Waals surface area contributed by atoms with E-state index in [1.165, 1.54) is 43.4 Å². The van der Waals surface area contributed by atoms with Gasteiger partial charge in [0.15, 0.2) is 0 Å². The number of amides is 1. The van der Waals surface area contributed by atoms with Crippen LogP contribution in [0.15, 0.2) is 18.2 Å². The van der Waals surface area contributed by atoms with Crippen LogP contribution in [0.1, 0.15) is 60.1 Å². The number of hydrogen-bond acceptors (Lipinski definition) is 2. The number of benzene rings is 1. The van der Waals surface area contributed by atoms with E-state index >= 15 is 0 Å². The number of carbonyl (C=O) groups is 1. The van der Waals surface area contributed by atoms with E-state index in [0.717, 1.165) is 42.8 Å². The maximum atomic E-state index is 12.7. The van der Waals surface area contributed by atoms with E-state index in [1.807, 2.05) is 6.07 Å². The number of nitrogens with one attached hydrogen (secondary N) is 2. The Kier molecular flexibility index (Phi) is 5.03. The fraction of sp³-hybridized carbons (Fsp3) is 0.591. The summed E-state index contributed by atoms with van der Waals surface area (Å²) >= 11 is 0. The summed E-state index contributed by atoms with van der Waals surface area (Å²) in [5, 5.41) is 4.39. The van der Waals surface area contributed by atoms with Gasteiger partial charge in [0.25, 0.3) is 5.91 Å². The first-order chi connectivity index (χ1) is 12.6. The third kappa shape index (κ3) is 3.80. The quantitative estimate of drug-likeness (QED) is 0.867. The van der Waals surface area contributed by atoms with Crippen molar-refractivity contribution in [3.8, 4) is 0 Å². The molecule has 0 atom stereocenters. The lowest BCUT2D eigenvalue weighted by molar-refractivity contribution is 0.0901. The molecule has 0 bridgehead atoms. The minimum atomic E-state index is 0.0347. The number of aryl methyl sites for hydroxylation is 2. The molecule has 1 aliphatic carbocycles. The third-order valence-electron chi connectivity index (χ3n) is 6.25. The summed E-state index contributed by atoms with van der Waals surface area (Å²) in [7, 11) is 0. The number of hydrogen-bond donors (Lipinski definition) is 2. The van der Waals surface area contributed by atoms with Crippen LogP contribution in [0.5, 0.6) is 0 Å². The van der Waals surface area contributed by atoms with E-state index in [1.54, 1.807) is 0 Å². The zero-order valence-corrected chi connectivity index (χ0v) is 16.1. The number of aromatic amines is 1. The number of nitrogens with zero attached hydrogens (tertiary/aromatic N) is 1. The van der Waals surface area contributed by atoms with Gasteiger partial charge in [-0.15, -0.1) is 0 Å². The highest BCUT2D eigenvalue weighted by molar-refractivity contribution is 5.99. The monoisotopic (exact) mass is 353 g/mol. The largest absolute Gasteiger partial charge is 0.351 e. The van der Waals surface area contributed by atoms with Crippen molar-refractivity contribution in [3.63, 3.8) is 0 Å². The average Bonchev–Trinajstić information content (AvgIpc) is 3.26. The summed E-state index contributed by atoms with van der Waals surface area (Å²) < 4.78 is 0. The molecule has 1 aromatic carbocycles. The van der Waals surface area contributed by atoms with Gasteiger partial charge in [0, 0.05) is 36.6 Å². The van der Waals surface area contributed by atoms with E-state index in [0.29, 0.717) is 11.7 Å². The molecule has 2 aliphatic rings. The molecule has 1 aliphatic heterocycles. The van der Waals surface area contributed by atoms with Gasteiger partial charge in [0.2, 0.25) is 0 Å². The summed E-state index contributed by atoms with van der Waals surface area (Å²) in [6, 6.07) is 6.57. The van der Waals surface area contributed by atoms with Gasteiger partial charge < -0.3 is 15.2 Å². The van der Waals surface area contributed by atoms with Crippen LogP contribution in [0.25, 0.3) is 10.9 Å². The molecular weight excluding hydrogens is 322 g/mol. The van der Waals surface area contributed by atoms with Crippen molar-refractivity contribution in [3.05, 3.63) is 35.0 Å². The Hall–Kier alpha value is -1.81. The lowest BCUT2D eigenvalue weighted by Crippen LogP contribution is -2.45. The normalized spacial score (nSPS) is 20.1. The molecule has 2 aromatic rings. The van der Waals surface area contributed by atoms with Crippen LogP contribution < -0.4 is 5.32 Å². The van der Waals surface area contributed by atoms with Crippen molar-refractivity contribution in [1.29, 1.82) is 0 Å². The minimum Gasteiger partial charge on any atom is -0.351 e. The second kappa shape index (κ2) is 7.43. The molecule has 4 nitrogen and oxygen atoms in total. The first-order valence-electron chi connectivity index (χ1n) is 10.2. The first-order valence-corrected chi connectivity index (χ1v) is 10.2. The second-order valence-corrected chi connectivity index (χ2v) is 8.42. The van der Waals surface area contributed by atoms with Crippen molar-refractivity contribution in [1.82, 2.24) is 15.2 Å². The molecule has 0 radical (unpaired) electrons. The molecule has 1 amide bonds. The molecule has 2 heterocycles.